The van der Waals surface area contributed by atoms with Crippen molar-refractivity contribution >= 4 is 0 Å². The minimum Gasteiger partial charge on any atom is -0.395 e. The van der Waals surface area contributed by atoms with Crippen molar-refractivity contribution < 1.29 is 18.3 Å². The van der Waals surface area contributed by atoms with Gasteiger partial charge in [0.2, 0.25) is 0 Å². The van der Waals surface area contributed by atoms with Crippen LogP contribution in [0.3, 0.4) is 0 Å². The lowest BCUT2D eigenvalue weighted by Crippen LogP contribution is -2.16. The molecular weight excluding hydrogens is 271 g/mol. The van der Waals surface area contributed by atoms with Crippen molar-refractivity contribution in [3.8, 4) is 11.3 Å². The largest absolute Gasteiger partial charge is 0.504 e. The number of aliphatic hydroxyl groups is 1. The molecule has 0 atom stereocenters. The molecule has 4 nitrogen and oxygen atoms in total. The molecule has 1 aliphatic rings. The smallest absolute Gasteiger partial charge is 0.395 e. The van der Waals surface area contributed by atoms with Gasteiger partial charge in [0.05, 0.1) is 18.5 Å². The Bertz CT molecular complexity index is 632. The molecular formula is C13H12F3N3O. The van der Waals surface area contributed by atoms with E-state index in [1.54, 1.807) is 12.1 Å². The van der Waals surface area contributed by atoms with E-state index in [0.29, 0.717) is 11.3 Å². The minimum absolute atomic E-state index is 0.0287. The Hall–Kier alpha value is -1.89. The van der Waals surface area contributed by atoms with Gasteiger partial charge in [0.15, 0.2) is 0 Å². The molecule has 0 spiro atoms. The molecule has 0 aromatic carbocycles. The zero-order chi connectivity index (χ0) is 14.4. The van der Waals surface area contributed by atoms with Crippen molar-refractivity contribution in [2.45, 2.75) is 24.6 Å². The molecule has 0 bridgehead atoms. The first-order chi connectivity index (χ1) is 9.46. The number of halogens is 3. The van der Waals surface area contributed by atoms with Crippen LogP contribution in [-0.4, -0.2) is 26.5 Å². The third-order valence-electron chi connectivity index (χ3n) is 3.65. The highest BCUT2D eigenvalue weighted by atomic mass is 19.4. The summed E-state index contributed by atoms with van der Waals surface area (Å²) in [6, 6.07) is 3.53. The van der Waals surface area contributed by atoms with Crippen molar-refractivity contribution in [1.82, 2.24) is 14.8 Å². The molecule has 1 aliphatic carbocycles. The third kappa shape index (κ3) is 2.07. The Morgan fingerprint density at radius 1 is 1.35 bits per heavy atom. The fraction of sp³-hybridized carbons (Fsp3) is 0.385. The van der Waals surface area contributed by atoms with Crippen LogP contribution in [0, 0.1) is 0 Å². The van der Waals surface area contributed by atoms with Crippen molar-refractivity contribution in [2.24, 2.45) is 0 Å². The first kappa shape index (κ1) is 13.1. The fourth-order valence-corrected chi connectivity index (χ4v) is 2.31. The van der Waals surface area contributed by atoms with Gasteiger partial charge < -0.3 is 5.11 Å². The number of hydrogen-bond donors (Lipinski definition) is 1. The average Bonchev–Trinajstić information content (AvgIpc) is 3.05. The molecule has 2 heterocycles. The van der Waals surface area contributed by atoms with Gasteiger partial charge in [0, 0.05) is 23.4 Å². The predicted molar refractivity (Wildman–Crippen MR) is 64.8 cm³/mol. The van der Waals surface area contributed by atoms with Crippen LogP contribution in [0.1, 0.15) is 18.4 Å². The van der Waals surface area contributed by atoms with Gasteiger partial charge in [0.25, 0.3) is 0 Å². The van der Waals surface area contributed by atoms with Crippen LogP contribution in [0.2, 0.25) is 0 Å². The number of alkyl halides is 3. The van der Waals surface area contributed by atoms with Gasteiger partial charge in [-0.1, -0.05) is 6.07 Å². The second-order valence-corrected chi connectivity index (χ2v) is 4.98. The number of aliphatic hydroxyl groups excluding tert-OH is 1. The number of pyridine rings is 1. The summed E-state index contributed by atoms with van der Waals surface area (Å²) >= 11 is 0. The maximum Gasteiger partial charge on any atom is 0.504 e. The van der Waals surface area contributed by atoms with Crippen LogP contribution in [-0.2, 0) is 11.7 Å². The summed E-state index contributed by atoms with van der Waals surface area (Å²) in [6.07, 6.45) is 0.677. The Kier molecular flexibility index (Phi) is 2.82. The summed E-state index contributed by atoms with van der Waals surface area (Å²) in [5.74, 6) is 0. The van der Waals surface area contributed by atoms with Crippen LogP contribution in [0.5, 0.6) is 0 Å². The van der Waals surface area contributed by atoms with Crippen LogP contribution in [0.15, 0.2) is 30.7 Å². The van der Waals surface area contributed by atoms with Gasteiger partial charge in [-0.2, -0.15) is 9.78 Å². The Morgan fingerprint density at radius 2 is 2.10 bits per heavy atom. The van der Waals surface area contributed by atoms with E-state index in [-0.39, 0.29) is 16.7 Å². The molecule has 3 rings (SSSR count). The van der Waals surface area contributed by atoms with Crippen molar-refractivity contribution in [3.63, 3.8) is 0 Å². The first-order valence-corrected chi connectivity index (χ1v) is 6.15. The van der Waals surface area contributed by atoms with E-state index in [1.165, 1.54) is 6.20 Å². The van der Waals surface area contributed by atoms with Gasteiger partial charge in [-0.05, 0) is 24.5 Å². The van der Waals surface area contributed by atoms with Crippen molar-refractivity contribution in [3.05, 3.63) is 36.3 Å². The van der Waals surface area contributed by atoms with E-state index in [9.17, 15) is 18.3 Å². The number of rotatable bonds is 3. The van der Waals surface area contributed by atoms with Gasteiger partial charge in [-0.15, -0.1) is 13.2 Å². The van der Waals surface area contributed by atoms with Crippen LogP contribution in [0.25, 0.3) is 11.3 Å². The van der Waals surface area contributed by atoms with E-state index >= 15 is 0 Å². The fourth-order valence-electron chi connectivity index (χ4n) is 2.31. The quantitative estimate of drug-likeness (QED) is 0.941. The molecule has 2 aromatic rings. The third-order valence-corrected chi connectivity index (χ3v) is 3.65. The topological polar surface area (TPSA) is 50.9 Å². The SMILES string of the molecule is OCC1(c2cccnc2-c2cnn(C(F)(F)F)c2)CC1. The van der Waals surface area contributed by atoms with Crippen LogP contribution < -0.4 is 0 Å². The molecule has 106 valence electrons. The summed E-state index contributed by atoms with van der Waals surface area (Å²) in [7, 11) is 0. The Labute approximate surface area is 112 Å². The number of aromatic nitrogens is 3. The van der Waals surface area contributed by atoms with Crippen molar-refractivity contribution in [2.75, 3.05) is 6.61 Å². The standard InChI is InChI=1S/C13H12F3N3O/c14-13(15,16)19-7-9(6-18-19)11-10(2-1-5-17-11)12(8-20)3-4-12/h1-2,5-7,20H,3-4,8H2. The molecule has 7 heteroatoms. The van der Waals surface area contributed by atoms with Crippen molar-refractivity contribution in [1.29, 1.82) is 0 Å². The second kappa shape index (κ2) is 4.31. The summed E-state index contributed by atoms with van der Waals surface area (Å²) in [6.45, 7) is -0.0287. The first-order valence-electron chi connectivity index (χ1n) is 6.15. The normalized spacial score (nSPS) is 17.2. The van der Waals surface area contributed by atoms with Gasteiger partial charge >= 0.3 is 6.30 Å². The van der Waals surface area contributed by atoms with E-state index < -0.39 is 6.30 Å². The summed E-state index contributed by atoms with van der Waals surface area (Å²) in [4.78, 5) is 4.17. The van der Waals surface area contributed by atoms with Crippen LogP contribution in [0.4, 0.5) is 13.2 Å². The highest BCUT2D eigenvalue weighted by Crippen LogP contribution is 2.50. The van der Waals surface area contributed by atoms with E-state index in [2.05, 4.69) is 10.1 Å². The molecule has 1 N–H and O–H groups in total. The molecule has 0 aliphatic heterocycles. The Balaban J connectivity index is 2.05. The molecule has 0 amide bonds. The maximum atomic E-state index is 12.6. The van der Waals surface area contributed by atoms with Gasteiger partial charge in [0.1, 0.15) is 0 Å². The van der Waals surface area contributed by atoms with Gasteiger partial charge in [-0.3, -0.25) is 4.98 Å². The zero-order valence-corrected chi connectivity index (χ0v) is 10.4. The number of nitrogens with zero attached hydrogens (tertiary/aromatic N) is 3. The highest BCUT2D eigenvalue weighted by molar-refractivity contribution is 5.64. The summed E-state index contributed by atoms with van der Waals surface area (Å²) < 4.78 is 37.7. The zero-order valence-electron chi connectivity index (χ0n) is 10.4. The van der Waals surface area contributed by atoms with E-state index in [0.717, 1.165) is 30.8 Å². The highest BCUT2D eigenvalue weighted by Gasteiger charge is 2.45. The molecule has 0 unspecified atom stereocenters. The number of hydrogen-bond acceptors (Lipinski definition) is 3. The van der Waals surface area contributed by atoms with E-state index in [1.807, 2.05) is 0 Å². The maximum absolute atomic E-state index is 12.6. The second-order valence-electron chi connectivity index (χ2n) is 4.98. The van der Waals surface area contributed by atoms with Crippen LogP contribution >= 0.6 is 0 Å². The lowest BCUT2D eigenvalue weighted by atomic mass is 9.93. The van der Waals surface area contributed by atoms with E-state index in [4.69, 9.17) is 0 Å². The monoisotopic (exact) mass is 283 g/mol. The predicted octanol–water partition coefficient (Wildman–Crippen LogP) is 2.45. The lowest BCUT2D eigenvalue weighted by molar-refractivity contribution is -0.212. The molecule has 2 aromatic heterocycles. The molecule has 0 radical (unpaired) electrons. The molecule has 1 saturated carbocycles. The average molecular weight is 283 g/mol. The molecule has 20 heavy (non-hydrogen) atoms. The summed E-state index contributed by atoms with van der Waals surface area (Å²) in [5, 5.41) is 12.8. The minimum atomic E-state index is -4.54. The van der Waals surface area contributed by atoms with Gasteiger partial charge in [-0.25, -0.2) is 0 Å². The lowest BCUT2D eigenvalue weighted by Gasteiger charge is -2.15. The Morgan fingerprint density at radius 3 is 2.65 bits per heavy atom. The summed E-state index contributed by atoms with van der Waals surface area (Å²) in [5.41, 5.74) is 1.18. The molecule has 1 fully saturated rings. The molecule has 0 saturated heterocycles.